The Morgan fingerprint density at radius 3 is 2.76 bits per heavy atom. The number of rotatable bonds is 4. The summed E-state index contributed by atoms with van der Waals surface area (Å²) in [5.41, 5.74) is 6.61. The topological polar surface area (TPSA) is 54.8 Å². The molecule has 3 aromatic rings. The Morgan fingerprint density at radius 2 is 2.00 bits per heavy atom. The fourth-order valence-corrected chi connectivity index (χ4v) is 3.87. The second kappa shape index (κ2) is 8.13. The number of hydrogen-bond acceptors (Lipinski definition) is 5. The molecule has 5 nitrogen and oxygen atoms in total. The summed E-state index contributed by atoms with van der Waals surface area (Å²) in [6.07, 6.45) is 3.55. The zero-order valence-corrected chi connectivity index (χ0v) is 17.1. The van der Waals surface area contributed by atoms with Crippen LogP contribution in [0.2, 0.25) is 0 Å². The second-order valence-electron chi connectivity index (χ2n) is 7.46. The molecule has 0 saturated carbocycles. The average Bonchev–Trinajstić information content (AvgIpc) is 2.94. The summed E-state index contributed by atoms with van der Waals surface area (Å²) < 4.78 is 11.3. The van der Waals surface area contributed by atoms with Crippen molar-refractivity contribution in [1.29, 1.82) is 0 Å². The van der Waals surface area contributed by atoms with Gasteiger partial charge in [-0.25, -0.2) is 0 Å². The van der Waals surface area contributed by atoms with Crippen LogP contribution in [0.3, 0.4) is 0 Å². The minimum absolute atomic E-state index is 0.180. The second-order valence-corrected chi connectivity index (χ2v) is 7.46. The van der Waals surface area contributed by atoms with E-state index >= 15 is 0 Å². The van der Waals surface area contributed by atoms with E-state index in [1.54, 1.807) is 25.6 Å². The van der Waals surface area contributed by atoms with Gasteiger partial charge in [0.25, 0.3) is 0 Å². The van der Waals surface area contributed by atoms with E-state index in [2.05, 4.69) is 35.9 Å². The van der Waals surface area contributed by atoms with Crippen LogP contribution in [0.1, 0.15) is 22.3 Å². The van der Waals surface area contributed by atoms with Gasteiger partial charge in [0.15, 0.2) is 11.5 Å². The lowest BCUT2D eigenvalue weighted by molar-refractivity contribution is 0.217. The van der Waals surface area contributed by atoms with Gasteiger partial charge in [0, 0.05) is 43.2 Å². The monoisotopic (exact) mass is 390 g/mol. The minimum Gasteiger partial charge on any atom is -0.504 e. The number of ether oxygens (including phenoxy) is 2. The van der Waals surface area contributed by atoms with Crippen LogP contribution in [-0.2, 0) is 13.1 Å². The zero-order chi connectivity index (χ0) is 20.4. The number of phenols is 1. The van der Waals surface area contributed by atoms with Crippen LogP contribution in [0.15, 0.2) is 48.8 Å². The van der Waals surface area contributed by atoms with Gasteiger partial charge in [-0.15, -0.1) is 0 Å². The van der Waals surface area contributed by atoms with Gasteiger partial charge in [0.2, 0.25) is 0 Å². The highest BCUT2D eigenvalue weighted by Crippen LogP contribution is 2.38. The van der Waals surface area contributed by atoms with Crippen molar-refractivity contribution in [3.05, 3.63) is 71.0 Å². The van der Waals surface area contributed by atoms with Gasteiger partial charge in [-0.05, 0) is 60.4 Å². The molecule has 1 aliphatic rings. The first-order valence-corrected chi connectivity index (χ1v) is 9.81. The summed E-state index contributed by atoms with van der Waals surface area (Å²) >= 11 is 0. The lowest BCUT2D eigenvalue weighted by Crippen LogP contribution is -2.25. The number of methoxy groups -OCH3 is 1. The molecule has 0 bridgehead atoms. The van der Waals surface area contributed by atoms with Gasteiger partial charge in [-0.2, -0.15) is 0 Å². The molecule has 1 N–H and O–H groups in total. The van der Waals surface area contributed by atoms with Gasteiger partial charge in [0.1, 0.15) is 12.4 Å². The fourth-order valence-electron chi connectivity index (χ4n) is 3.87. The zero-order valence-electron chi connectivity index (χ0n) is 17.1. The van der Waals surface area contributed by atoms with E-state index in [0.29, 0.717) is 18.9 Å². The maximum Gasteiger partial charge on any atom is 0.165 e. The van der Waals surface area contributed by atoms with Crippen molar-refractivity contribution in [3.8, 4) is 28.4 Å². The summed E-state index contributed by atoms with van der Waals surface area (Å²) in [5, 5.41) is 10.6. The van der Waals surface area contributed by atoms with Gasteiger partial charge in [0.05, 0.1) is 7.11 Å². The van der Waals surface area contributed by atoms with Crippen molar-refractivity contribution in [2.24, 2.45) is 0 Å². The maximum atomic E-state index is 10.6. The number of aromatic hydroxyl groups is 1. The van der Waals surface area contributed by atoms with Crippen LogP contribution in [0.4, 0.5) is 0 Å². The lowest BCUT2D eigenvalue weighted by atomic mass is 10.0. The molecule has 0 unspecified atom stereocenters. The first-order valence-electron chi connectivity index (χ1n) is 9.81. The van der Waals surface area contributed by atoms with E-state index in [1.807, 2.05) is 18.2 Å². The molecule has 150 valence electrons. The van der Waals surface area contributed by atoms with Crippen molar-refractivity contribution in [2.75, 3.05) is 20.3 Å². The molecule has 0 fully saturated rings. The Labute approximate surface area is 171 Å². The summed E-state index contributed by atoms with van der Waals surface area (Å²) in [6.45, 7) is 7.10. The molecular weight excluding hydrogens is 364 g/mol. The van der Waals surface area contributed by atoms with Gasteiger partial charge < -0.3 is 14.6 Å². The summed E-state index contributed by atoms with van der Waals surface area (Å²) in [4.78, 5) is 6.54. The third-order valence-electron chi connectivity index (χ3n) is 5.65. The van der Waals surface area contributed by atoms with Crippen LogP contribution < -0.4 is 9.47 Å². The average molecular weight is 390 g/mol. The van der Waals surface area contributed by atoms with E-state index in [9.17, 15) is 5.11 Å². The van der Waals surface area contributed by atoms with Crippen LogP contribution in [0.25, 0.3) is 11.1 Å². The fraction of sp³-hybridized carbons (Fsp3) is 0.292. The van der Waals surface area contributed by atoms with Crippen LogP contribution in [0.5, 0.6) is 17.2 Å². The third-order valence-corrected chi connectivity index (χ3v) is 5.65. The molecule has 0 amide bonds. The highest BCUT2D eigenvalue weighted by atomic mass is 16.5. The Kier molecular flexibility index (Phi) is 5.41. The van der Waals surface area contributed by atoms with E-state index in [4.69, 9.17) is 9.47 Å². The van der Waals surface area contributed by atoms with Gasteiger partial charge >= 0.3 is 0 Å². The number of hydrogen-bond donors (Lipinski definition) is 1. The molecule has 1 aliphatic heterocycles. The number of benzene rings is 2. The van der Waals surface area contributed by atoms with Crippen LogP contribution in [0, 0.1) is 13.8 Å². The lowest BCUT2D eigenvalue weighted by Gasteiger charge is -2.22. The van der Waals surface area contributed by atoms with Gasteiger partial charge in [-0.1, -0.05) is 12.1 Å². The summed E-state index contributed by atoms with van der Waals surface area (Å²) in [7, 11) is 1.71. The van der Waals surface area contributed by atoms with Crippen molar-refractivity contribution in [3.63, 3.8) is 0 Å². The Balaban J connectivity index is 1.63. The number of aromatic nitrogens is 1. The smallest absolute Gasteiger partial charge is 0.165 e. The molecule has 2 aromatic carbocycles. The van der Waals surface area contributed by atoms with Crippen LogP contribution >= 0.6 is 0 Å². The molecule has 29 heavy (non-hydrogen) atoms. The molecule has 5 heteroatoms. The predicted octanol–water partition coefficient (Wildman–Crippen LogP) is 4.47. The Morgan fingerprint density at radius 1 is 1.14 bits per heavy atom. The Hall–Kier alpha value is -3.05. The number of fused-ring (bicyclic) bond motifs is 1. The highest BCUT2D eigenvalue weighted by molar-refractivity contribution is 5.68. The van der Waals surface area contributed by atoms with E-state index in [-0.39, 0.29) is 5.75 Å². The number of phenolic OH excluding ortho intramolecular Hbond substituents is 1. The third kappa shape index (κ3) is 3.91. The van der Waals surface area contributed by atoms with Gasteiger partial charge in [-0.3, -0.25) is 9.88 Å². The van der Waals surface area contributed by atoms with E-state index in [1.165, 1.54) is 16.7 Å². The molecule has 0 radical (unpaired) electrons. The maximum absolute atomic E-state index is 10.6. The SMILES string of the molecule is COc1ccc(CN2CCOc3c(O)cc(-c4cccnc4)cc3C2)c(C)c1C. The molecular formula is C24H26N2O3. The van der Waals surface area contributed by atoms with Crippen molar-refractivity contribution < 1.29 is 14.6 Å². The number of pyridine rings is 1. The largest absolute Gasteiger partial charge is 0.504 e. The normalized spacial score (nSPS) is 14.0. The predicted molar refractivity (Wildman–Crippen MR) is 113 cm³/mol. The van der Waals surface area contributed by atoms with E-state index < -0.39 is 0 Å². The molecule has 1 aromatic heterocycles. The molecule has 0 spiro atoms. The standard InChI is InChI=1S/C24H26N2O3/c1-16-17(2)23(28-3)7-6-19(16)14-26-9-10-29-24-21(15-26)11-20(12-22(24)27)18-5-4-8-25-13-18/h4-8,11-13,27H,9-10,14-15H2,1-3H3. The Bertz CT molecular complexity index is 1020. The summed E-state index contributed by atoms with van der Waals surface area (Å²) in [5.74, 6) is 1.68. The highest BCUT2D eigenvalue weighted by Gasteiger charge is 2.21. The number of nitrogens with zero attached hydrogens (tertiary/aromatic N) is 2. The molecule has 2 heterocycles. The van der Waals surface area contributed by atoms with Crippen LogP contribution in [-0.4, -0.2) is 35.3 Å². The van der Waals surface area contributed by atoms with Crippen molar-refractivity contribution >= 4 is 0 Å². The molecule has 0 saturated heterocycles. The summed E-state index contributed by atoms with van der Waals surface area (Å²) in [6, 6.07) is 11.9. The van der Waals surface area contributed by atoms with E-state index in [0.717, 1.165) is 35.5 Å². The molecule has 4 rings (SSSR count). The first-order chi connectivity index (χ1) is 14.1. The van der Waals surface area contributed by atoms with Crippen molar-refractivity contribution in [1.82, 2.24) is 9.88 Å². The quantitative estimate of drug-likeness (QED) is 0.712. The molecule has 0 aliphatic carbocycles. The molecule has 0 atom stereocenters. The minimum atomic E-state index is 0.180. The first kappa shape index (κ1) is 19.3. The van der Waals surface area contributed by atoms with Crippen molar-refractivity contribution in [2.45, 2.75) is 26.9 Å².